The van der Waals surface area contributed by atoms with Crippen LogP contribution in [0.25, 0.3) is 0 Å². The number of amides is 1. The summed E-state index contributed by atoms with van der Waals surface area (Å²) in [7, 11) is 0. The highest BCUT2D eigenvalue weighted by molar-refractivity contribution is 8.14. The second-order valence-corrected chi connectivity index (χ2v) is 9.40. The molecule has 1 heterocycles. The maximum atomic E-state index is 13.1. The Kier molecular flexibility index (Phi) is 8.23. The van der Waals surface area contributed by atoms with Crippen LogP contribution in [-0.2, 0) is 17.1 Å². The predicted octanol–water partition coefficient (Wildman–Crippen LogP) is 6.57. The number of carbonyl (C=O) groups excluding carboxylic acids is 1. The molecule has 3 rings (SSSR count). The Labute approximate surface area is 193 Å². The van der Waals surface area contributed by atoms with Crippen LogP contribution < -0.4 is 5.32 Å². The van der Waals surface area contributed by atoms with E-state index in [-0.39, 0.29) is 24.6 Å². The molecule has 0 aromatic heterocycles. The number of alkyl halides is 6. The minimum absolute atomic E-state index is 0.0419. The van der Waals surface area contributed by atoms with Crippen LogP contribution >= 0.6 is 11.8 Å². The minimum Gasteiger partial charge on any atom is -0.347 e. The van der Waals surface area contributed by atoms with Gasteiger partial charge in [0.05, 0.1) is 17.2 Å². The van der Waals surface area contributed by atoms with Crippen molar-refractivity contribution in [1.82, 2.24) is 4.90 Å². The first-order chi connectivity index (χ1) is 15.5. The van der Waals surface area contributed by atoms with Crippen LogP contribution in [0, 0.1) is 0 Å². The van der Waals surface area contributed by atoms with Crippen molar-refractivity contribution in [2.24, 2.45) is 4.99 Å². The summed E-state index contributed by atoms with van der Waals surface area (Å²) in [6.07, 6.45) is -3.60. The van der Waals surface area contributed by atoms with E-state index >= 15 is 0 Å². The lowest BCUT2D eigenvalue weighted by molar-refractivity contribution is -0.143. The number of nitrogens with one attached hydrogen (secondary N) is 1. The van der Waals surface area contributed by atoms with E-state index in [2.05, 4.69) is 5.32 Å². The average Bonchev–Trinajstić information content (AvgIpc) is 3.08. The Morgan fingerprint density at radius 2 is 1.67 bits per heavy atom. The van der Waals surface area contributed by atoms with E-state index in [9.17, 15) is 31.1 Å². The lowest BCUT2D eigenvalue weighted by Gasteiger charge is -2.27. The highest BCUT2D eigenvalue weighted by atomic mass is 32.2. The third-order valence-electron chi connectivity index (χ3n) is 5.72. The van der Waals surface area contributed by atoms with Gasteiger partial charge in [-0.1, -0.05) is 37.9 Å². The number of hydrogen-bond acceptors (Lipinski definition) is 3. The molecule has 1 aromatic rings. The van der Waals surface area contributed by atoms with E-state index in [1.807, 2.05) is 11.8 Å². The number of hydrogen-bond donors (Lipinski definition) is 1. The molecule has 11 heteroatoms. The van der Waals surface area contributed by atoms with Gasteiger partial charge in [-0.2, -0.15) is 26.3 Å². The van der Waals surface area contributed by atoms with Crippen molar-refractivity contribution in [3.63, 3.8) is 0 Å². The maximum absolute atomic E-state index is 13.1. The molecule has 4 nitrogen and oxygen atoms in total. The van der Waals surface area contributed by atoms with Crippen molar-refractivity contribution in [3.05, 3.63) is 29.3 Å². The molecule has 2 aliphatic rings. The molecule has 0 spiro atoms. The molecule has 1 saturated carbocycles. The molecule has 1 aromatic carbocycles. The first-order valence-corrected chi connectivity index (χ1v) is 12.0. The maximum Gasteiger partial charge on any atom is 0.416 e. The van der Waals surface area contributed by atoms with E-state index in [4.69, 9.17) is 4.99 Å². The minimum atomic E-state index is -4.97. The SMILES string of the molecule is CCCN1C(=NC2CCCCC2)SCC1CC(=O)Nc1cc(C(F)(F)F)cc(C(F)(F)F)c1. The normalized spacial score (nSPS) is 21.6. The molecule has 33 heavy (non-hydrogen) atoms. The number of benzene rings is 1. The van der Waals surface area contributed by atoms with Gasteiger partial charge in [0.25, 0.3) is 0 Å². The quantitative estimate of drug-likeness (QED) is 0.454. The fourth-order valence-corrected chi connectivity index (χ4v) is 5.39. The third kappa shape index (κ3) is 7.04. The molecule has 1 saturated heterocycles. The zero-order valence-corrected chi connectivity index (χ0v) is 19.0. The van der Waals surface area contributed by atoms with Gasteiger partial charge in [-0.25, -0.2) is 0 Å². The predicted molar refractivity (Wildman–Crippen MR) is 117 cm³/mol. The highest BCUT2D eigenvalue weighted by Crippen LogP contribution is 2.38. The molecule has 1 unspecified atom stereocenters. The summed E-state index contributed by atoms with van der Waals surface area (Å²) in [5, 5.41) is 3.11. The van der Waals surface area contributed by atoms with Crippen LogP contribution in [-0.4, -0.2) is 40.4 Å². The van der Waals surface area contributed by atoms with Crippen LogP contribution in [0.4, 0.5) is 32.0 Å². The van der Waals surface area contributed by atoms with E-state index in [0.29, 0.717) is 24.4 Å². The van der Waals surface area contributed by atoms with Crippen molar-refractivity contribution >= 4 is 28.5 Å². The van der Waals surface area contributed by atoms with Gasteiger partial charge in [0.2, 0.25) is 5.91 Å². The van der Waals surface area contributed by atoms with Crippen LogP contribution in [0.15, 0.2) is 23.2 Å². The summed E-state index contributed by atoms with van der Waals surface area (Å²) in [6.45, 7) is 2.68. The van der Waals surface area contributed by atoms with Crippen LogP contribution in [0.2, 0.25) is 0 Å². The summed E-state index contributed by atoms with van der Waals surface area (Å²) < 4.78 is 78.4. The Bertz CT molecular complexity index is 832. The van der Waals surface area contributed by atoms with Crippen molar-refractivity contribution in [3.8, 4) is 0 Å². The summed E-state index contributed by atoms with van der Waals surface area (Å²) in [4.78, 5) is 19.5. The smallest absolute Gasteiger partial charge is 0.347 e. The Morgan fingerprint density at radius 1 is 1.06 bits per heavy atom. The number of halogens is 6. The topological polar surface area (TPSA) is 44.7 Å². The molecule has 1 amide bonds. The molecule has 0 bridgehead atoms. The van der Waals surface area contributed by atoms with Crippen LogP contribution in [0.5, 0.6) is 0 Å². The summed E-state index contributed by atoms with van der Waals surface area (Å²) in [5.41, 5.74) is -3.44. The number of aliphatic imine (C=N–C) groups is 1. The summed E-state index contributed by atoms with van der Waals surface area (Å²) in [5.74, 6) is -0.0388. The number of rotatable bonds is 6. The van der Waals surface area contributed by atoms with Gasteiger partial charge in [0.15, 0.2) is 5.17 Å². The van der Waals surface area contributed by atoms with E-state index in [1.165, 1.54) is 6.42 Å². The largest absolute Gasteiger partial charge is 0.416 e. The van der Waals surface area contributed by atoms with Gasteiger partial charge in [0, 0.05) is 30.4 Å². The Morgan fingerprint density at radius 3 is 2.21 bits per heavy atom. The third-order valence-corrected chi connectivity index (χ3v) is 6.87. The lowest BCUT2D eigenvalue weighted by Crippen LogP contribution is -2.37. The molecule has 1 aliphatic heterocycles. The number of amidine groups is 1. The standard InChI is InChI=1S/C22H27F6N3OS/c1-2-8-31-18(13-33-20(31)30-16-6-4-3-5-7-16)12-19(32)29-17-10-14(21(23,24)25)9-15(11-17)22(26,27)28/h9-11,16,18H,2-8,12-13H2,1H3,(H,29,32). The van der Waals surface area contributed by atoms with Gasteiger partial charge >= 0.3 is 12.4 Å². The zero-order chi connectivity index (χ0) is 24.2. The Hall–Kier alpha value is -1.91. The van der Waals surface area contributed by atoms with Gasteiger partial charge in [-0.05, 0) is 37.5 Å². The fourth-order valence-electron chi connectivity index (χ4n) is 4.12. The second-order valence-electron chi connectivity index (χ2n) is 8.41. The Balaban J connectivity index is 1.72. The van der Waals surface area contributed by atoms with Crippen molar-refractivity contribution in [1.29, 1.82) is 0 Å². The zero-order valence-electron chi connectivity index (χ0n) is 18.2. The first-order valence-electron chi connectivity index (χ1n) is 11.0. The van der Waals surface area contributed by atoms with Gasteiger partial charge in [-0.15, -0.1) is 0 Å². The molecular weight excluding hydrogens is 468 g/mol. The van der Waals surface area contributed by atoms with E-state index in [0.717, 1.165) is 37.3 Å². The monoisotopic (exact) mass is 495 g/mol. The number of anilines is 1. The molecule has 184 valence electrons. The van der Waals surface area contributed by atoms with E-state index in [1.54, 1.807) is 11.8 Å². The van der Waals surface area contributed by atoms with Crippen molar-refractivity contribution in [2.75, 3.05) is 17.6 Å². The van der Waals surface area contributed by atoms with Crippen LogP contribution in [0.3, 0.4) is 0 Å². The van der Waals surface area contributed by atoms with Crippen molar-refractivity contribution in [2.45, 2.75) is 76.3 Å². The number of carbonyl (C=O) groups is 1. The average molecular weight is 496 g/mol. The molecule has 1 N–H and O–H groups in total. The van der Waals surface area contributed by atoms with Gasteiger partial charge < -0.3 is 10.2 Å². The molecule has 2 fully saturated rings. The first kappa shape index (κ1) is 25.7. The number of nitrogens with zero attached hydrogens (tertiary/aromatic N) is 2. The van der Waals surface area contributed by atoms with E-state index < -0.39 is 35.1 Å². The molecule has 1 atom stereocenters. The lowest BCUT2D eigenvalue weighted by atomic mass is 9.96. The van der Waals surface area contributed by atoms with Gasteiger partial charge in [0.1, 0.15) is 0 Å². The second kappa shape index (κ2) is 10.6. The summed E-state index contributed by atoms with van der Waals surface area (Å²) >= 11 is 1.55. The molecule has 0 radical (unpaired) electrons. The van der Waals surface area contributed by atoms with Crippen LogP contribution in [0.1, 0.15) is 63.0 Å². The highest BCUT2D eigenvalue weighted by Gasteiger charge is 2.37. The van der Waals surface area contributed by atoms with Crippen molar-refractivity contribution < 1.29 is 31.1 Å². The summed E-state index contributed by atoms with van der Waals surface area (Å²) in [6, 6.07) is 1.14. The molecule has 1 aliphatic carbocycles. The fraction of sp³-hybridized carbons (Fsp3) is 0.636. The molecular formula is C22H27F6N3OS. The number of thioether (sulfide) groups is 1. The van der Waals surface area contributed by atoms with Gasteiger partial charge in [-0.3, -0.25) is 9.79 Å².